The summed E-state index contributed by atoms with van der Waals surface area (Å²) in [6, 6.07) is 0. The highest BCUT2D eigenvalue weighted by Gasteiger charge is 2.38. The van der Waals surface area contributed by atoms with Gasteiger partial charge in [0.2, 0.25) is 5.91 Å². The molecule has 1 rings (SSSR count). The third-order valence-electron chi connectivity index (χ3n) is 2.83. The molecule has 0 bridgehead atoms. The summed E-state index contributed by atoms with van der Waals surface area (Å²) in [6.45, 7) is 7.33. The Balaban J connectivity index is 2.54. The summed E-state index contributed by atoms with van der Waals surface area (Å²) < 4.78 is 5.07. The maximum atomic E-state index is 12.0. The van der Waals surface area contributed by atoms with E-state index in [9.17, 15) is 4.79 Å². The molecule has 1 atom stereocenters. The van der Waals surface area contributed by atoms with Gasteiger partial charge < -0.3 is 15.4 Å². The van der Waals surface area contributed by atoms with Crippen LogP contribution in [-0.2, 0) is 9.53 Å². The van der Waals surface area contributed by atoms with Gasteiger partial charge in [0.05, 0.1) is 17.7 Å². The molecule has 0 aromatic rings. The fourth-order valence-corrected chi connectivity index (χ4v) is 1.93. The van der Waals surface area contributed by atoms with Crippen molar-refractivity contribution in [1.82, 2.24) is 10.6 Å². The van der Waals surface area contributed by atoms with E-state index in [1.165, 1.54) is 0 Å². The Hall–Kier alpha value is -0.610. The van der Waals surface area contributed by atoms with Gasteiger partial charge in [-0.2, -0.15) is 0 Å². The van der Waals surface area contributed by atoms with Crippen molar-refractivity contribution in [2.24, 2.45) is 0 Å². The summed E-state index contributed by atoms with van der Waals surface area (Å²) in [5.41, 5.74) is -0.704. The number of hydrogen-bond donors (Lipinski definition) is 2. The molecular weight excluding hydrogens is 192 g/mol. The van der Waals surface area contributed by atoms with Gasteiger partial charge in [0.1, 0.15) is 0 Å². The van der Waals surface area contributed by atoms with Crippen LogP contribution in [-0.4, -0.2) is 37.2 Å². The van der Waals surface area contributed by atoms with Crippen molar-refractivity contribution in [2.45, 2.75) is 44.7 Å². The van der Waals surface area contributed by atoms with Crippen molar-refractivity contribution in [2.75, 3.05) is 20.3 Å². The Kier molecular flexibility index (Phi) is 3.73. The lowest BCUT2D eigenvalue weighted by Crippen LogP contribution is -2.58. The van der Waals surface area contributed by atoms with Crippen LogP contribution in [0.15, 0.2) is 0 Å². The van der Waals surface area contributed by atoms with Gasteiger partial charge in [0.25, 0.3) is 0 Å². The highest BCUT2D eigenvalue weighted by atomic mass is 16.5. The summed E-state index contributed by atoms with van der Waals surface area (Å²) in [5, 5.41) is 6.26. The second-order valence-corrected chi connectivity index (χ2v) is 5.13. The number of carbonyl (C=O) groups is 1. The van der Waals surface area contributed by atoms with Crippen LogP contribution in [0.4, 0.5) is 0 Å². The maximum absolute atomic E-state index is 12.0. The minimum absolute atomic E-state index is 0.0713. The Morgan fingerprint density at radius 1 is 1.60 bits per heavy atom. The van der Waals surface area contributed by atoms with Gasteiger partial charge in [-0.25, -0.2) is 0 Å². The molecule has 0 spiro atoms. The Morgan fingerprint density at radius 3 is 2.73 bits per heavy atom. The third-order valence-corrected chi connectivity index (χ3v) is 2.83. The van der Waals surface area contributed by atoms with Crippen molar-refractivity contribution < 1.29 is 9.53 Å². The van der Waals surface area contributed by atoms with Gasteiger partial charge >= 0.3 is 0 Å². The van der Waals surface area contributed by atoms with E-state index in [4.69, 9.17) is 4.74 Å². The van der Waals surface area contributed by atoms with Crippen LogP contribution in [0.2, 0.25) is 0 Å². The number of ether oxygens (including phenoxy) is 1. The molecule has 1 unspecified atom stereocenters. The number of nitrogens with one attached hydrogen (secondary N) is 2. The highest BCUT2D eigenvalue weighted by Crippen LogP contribution is 2.19. The van der Waals surface area contributed by atoms with Crippen LogP contribution in [0, 0.1) is 0 Å². The Bertz CT molecular complexity index is 233. The van der Waals surface area contributed by atoms with Crippen LogP contribution in [0.25, 0.3) is 0 Å². The molecule has 88 valence electrons. The summed E-state index contributed by atoms with van der Waals surface area (Å²) in [6.07, 6.45) is 1.97. The molecule has 2 N–H and O–H groups in total. The van der Waals surface area contributed by atoms with Crippen molar-refractivity contribution in [3.63, 3.8) is 0 Å². The first-order valence-corrected chi connectivity index (χ1v) is 5.46. The molecule has 4 heteroatoms. The van der Waals surface area contributed by atoms with Crippen molar-refractivity contribution in [3.05, 3.63) is 0 Å². The minimum Gasteiger partial charge on any atom is -0.382 e. The topological polar surface area (TPSA) is 50.4 Å². The standard InChI is InChI=1S/C11H22N2O2/c1-10(2,8-15-4)13-9(14)11(3)6-5-7-12-11/h12H,5-8H2,1-4H3,(H,13,14). The summed E-state index contributed by atoms with van der Waals surface area (Å²) >= 11 is 0. The lowest BCUT2D eigenvalue weighted by atomic mass is 9.97. The largest absolute Gasteiger partial charge is 0.382 e. The maximum Gasteiger partial charge on any atom is 0.240 e. The van der Waals surface area contributed by atoms with Gasteiger partial charge in [-0.15, -0.1) is 0 Å². The minimum atomic E-state index is -0.398. The zero-order chi connectivity index (χ0) is 11.5. The van der Waals surface area contributed by atoms with Gasteiger partial charge in [0, 0.05) is 7.11 Å². The van der Waals surface area contributed by atoms with Gasteiger partial charge in [-0.1, -0.05) is 0 Å². The summed E-state index contributed by atoms with van der Waals surface area (Å²) in [5.74, 6) is 0.0713. The molecule has 0 aromatic carbocycles. The molecule has 0 saturated carbocycles. The molecule has 1 saturated heterocycles. The predicted octanol–water partition coefficient (Wildman–Crippen LogP) is 0.670. The zero-order valence-corrected chi connectivity index (χ0v) is 10.1. The van der Waals surface area contributed by atoms with Crippen molar-refractivity contribution in [3.8, 4) is 0 Å². The molecular formula is C11H22N2O2. The van der Waals surface area contributed by atoms with Gasteiger partial charge in [-0.05, 0) is 40.2 Å². The van der Waals surface area contributed by atoms with Crippen LogP contribution in [0.5, 0.6) is 0 Å². The van der Waals surface area contributed by atoms with Crippen LogP contribution < -0.4 is 10.6 Å². The molecule has 1 aliphatic heterocycles. The SMILES string of the molecule is COCC(C)(C)NC(=O)C1(C)CCCN1. The van der Waals surface area contributed by atoms with E-state index in [2.05, 4.69) is 10.6 Å². The Morgan fingerprint density at radius 2 is 2.27 bits per heavy atom. The van der Waals surface area contributed by atoms with Gasteiger partial charge in [0.15, 0.2) is 0 Å². The van der Waals surface area contributed by atoms with E-state index >= 15 is 0 Å². The first kappa shape index (κ1) is 12.5. The lowest BCUT2D eigenvalue weighted by molar-refractivity contribution is -0.128. The normalized spacial score (nSPS) is 26.7. The molecule has 1 amide bonds. The molecule has 1 heterocycles. The van der Waals surface area contributed by atoms with E-state index < -0.39 is 5.54 Å². The number of rotatable bonds is 4. The highest BCUT2D eigenvalue weighted by molar-refractivity contribution is 5.86. The van der Waals surface area contributed by atoms with E-state index in [0.29, 0.717) is 6.61 Å². The van der Waals surface area contributed by atoms with Crippen molar-refractivity contribution >= 4 is 5.91 Å². The average molecular weight is 214 g/mol. The number of methoxy groups -OCH3 is 1. The molecule has 0 aromatic heterocycles. The average Bonchev–Trinajstić information content (AvgIpc) is 2.52. The quantitative estimate of drug-likeness (QED) is 0.723. The van der Waals surface area contributed by atoms with Gasteiger partial charge in [-0.3, -0.25) is 4.79 Å². The first-order chi connectivity index (χ1) is 6.90. The Labute approximate surface area is 91.8 Å². The molecule has 15 heavy (non-hydrogen) atoms. The monoisotopic (exact) mass is 214 g/mol. The molecule has 4 nitrogen and oxygen atoms in total. The molecule has 0 aliphatic carbocycles. The summed E-state index contributed by atoms with van der Waals surface area (Å²) in [4.78, 5) is 12.0. The number of amides is 1. The number of hydrogen-bond acceptors (Lipinski definition) is 3. The zero-order valence-electron chi connectivity index (χ0n) is 10.1. The smallest absolute Gasteiger partial charge is 0.240 e. The van der Waals surface area contributed by atoms with E-state index in [1.807, 2.05) is 20.8 Å². The van der Waals surface area contributed by atoms with E-state index in [1.54, 1.807) is 7.11 Å². The van der Waals surface area contributed by atoms with Crippen LogP contribution >= 0.6 is 0 Å². The molecule has 0 radical (unpaired) electrons. The lowest BCUT2D eigenvalue weighted by Gasteiger charge is -2.31. The molecule has 1 aliphatic rings. The molecule has 1 fully saturated rings. The fraction of sp³-hybridized carbons (Fsp3) is 0.909. The summed E-state index contributed by atoms with van der Waals surface area (Å²) in [7, 11) is 1.64. The first-order valence-electron chi connectivity index (χ1n) is 5.46. The van der Waals surface area contributed by atoms with E-state index in [0.717, 1.165) is 19.4 Å². The van der Waals surface area contributed by atoms with Crippen molar-refractivity contribution in [1.29, 1.82) is 0 Å². The van der Waals surface area contributed by atoms with Crippen LogP contribution in [0.1, 0.15) is 33.6 Å². The third kappa shape index (κ3) is 3.18. The van der Waals surface area contributed by atoms with E-state index in [-0.39, 0.29) is 11.4 Å². The van der Waals surface area contributed by atoms with Crippen LogP contribution in [0.3, 0.4) is 0 Å². The fourth-order valence-electron chi connectivity index (χ4n) is 1.93. The second kappa shape index (κ2) is 4.49. The number of carbonyl (C=O) groups excluding carboxylic acids is 1. The predicted molar refractivity (Wildman–Crippen MR) is 59.7 cm³/mol. The second-order valence-electron chi connectivity index (χ2n) is 5.13.